The van der Waals surface area contributed by atoms with Crippen LogP contribution in [0, 0.1) is 5.82 Å². The number of benzene rings is 1. The van der Waals surface area contributed by atoms with Gasteiger partial charge in [-0.3, -0.25) is 4.79 Å². The van der Waals surface area contributed by atoms with Gasteiger partial charge in [-0.05, 0) is 32.9 Å². The molecule has 124 valence electrons. The van der Waals surface area contributed by atoms with Crippen LogP contribution in [0.15, 0.2) is 29.3 Å². The molecular formula is C13H16FN5O3S. The molecule has 0 radical (unpaired) electrons. The van der Waals surface area contributed by atoms with Gasteiger partial charge in [-0.15, -0.1) is 5.10 Å². The van der Waals surface area contributed by atoms with E-state index in [2.05, 4.69) is 10.3 Å². The smallest absolute Gasteiger partial charge is 0.287 e. The fourth-order valence-electron chi connectivity index (χ4n) is 1.68. The monoisotopic (exact) mass is 341 g/mol. The van der Waals surface area contributed by atoms with Crippen molar-refractivity contribution in [1.82, 2.24) is 19.7 Å². The Morgan fingerprint density at radius 3 is 2.57 bits per heavy atom. The third-order valence-electron chi connectivity index (χ3n) is 2.94. The average molecular weight is 341 g/mol. The zero-order valence-electron chi connectivity index (χ0n) is 12.7. The molecular weight excluding hydrogens is 325 g/mol. The predicted molar refractivity (Wildman–Crippen MR) is 80.5 cm³/mol. The van der Waals surface area contributed by atoms with E-state index in [1.807, 2.05) is 20.8 Å². The molecule has 2 rings (SSSR count). The van der Waals surface area contributed by atoms with E-state index in [9.17, 15) is 17.6 Å². The first-order chi connectivity index (χ1) is 10.5. The Hall–Kier alpha value is -2.49. The number of anilines is 1. The number of halogens is 1. The van der Waals surface area contributed by atoms with Gasteiger partial charge in [-0.25, -0.2) is 22.2 Å². The van der Waals surface area contributed by atoms with E-state index in [1.165, 1.54) is 16.9 Å². The largest absolute Gasteiger partial charge is 0.395 e. The zero-order chi connectivity index (χ0) is 17.4. The zero-order valence-corrected chi connectivity index (χ0v) is 13.6. The molecule has 0 atom stereocenters. The van der Waals surface area contributed by atoms with Gasteiger partial charge in [0.05, 0.1) is 17.4 Å². The SMILES string of the molecule is CC(C)(C)n1cc(C(=O)NS(=O)(=O)c2cccc(F)c2N)nn1. The van der Waals surface area contributed by atoms with Crippen LogP contribution < -0.4 is 10.5 Å². The molecule has 1 amide bonds. The number of nitrogens with two attached hydrogens (primary N) is 1. The molecule has 1 heterocycles. The first kappa shape index (κ1) is 16.9. The van der Waals surface area contributed by atoms with Crippen LogP contribution in [-0.4, -0.2) is 29.3 Å². The lowest BCUT2D eigenvalue weighted by Crippen LogP contribution is -2.31. The van der Waals surface area contributed by atoms with Gasteiger partial charge in [0, 0.05) is 0 Å². The number of nitrogens with one attached hydrogen (secondary N) is 1. The molecule has 3 N–H and O–H groups in total. The highest BCUT2D eigenvalue weighted by Gasteiger charge is 2.25. The van der Waals surface area contributed by atoms with Crippen molar-refractivity contribution in [1.29, 1.82) is 0 Å². The van der Waals surface area contributed by atoms with Gasteiger partial charge in [-0.2, -0.15) is 0 Å². The van der Waals surface area contributed by atoms with Crippen molar-refractivity contribution in [3.05, 3.63) is 35.9 Å². The highest BCUT2D eigenvalue weighted by molar-refractivity contribution is 7.90. The molecule has 0 bridgehead atoms. The lowest BCUT2D eigenvalue weighted by Gasteiger charge is -2.17. The number of aromatic nitrogens is 3. The minimum atomic E-state index is -4.33. The highest BCUT2D eigenvalue weighted by Crippen LogP contribution is 2.21. The van der Waals surface area contributed by atoms with Crippen LogP contribution in [0.5, 0.6) is 0 Å². The van der Waals surface area contributed by atoms with Crippen molar-refractivity contribution in [2.75, 3.05) is 5.73 Å². The fraction of sp³-hybridized carbons (Fsp3) is 0.308. The molecule has 0 saturated carbocycles. The van der Waals surface area contributed by atoms with Crippen LogP contribution in [0.2, 0.25) is 0 Å². The second-order valence-corrected chi connectivity index (χ2v) is 7.46. The van der Waals surface area contributed by atoms with E-state index in [0.29, 0.717) is 0 Å². The van der Waals surface area contributed by atoms with Gasteiger partial charge in [0.25, 0.3) is 15.9 Å². The molecule has 0 saturated heterocycles. The van der Waals surface area contributed by atoms with Crippen LogP contribution in [0.4, 0.5) is 10.1 Å². The van der Waals surface area contributed by atoms with E-state index in [1.54, 1.807) is 4.72 Å². The Bertz CT molecular complexity index is 855. The van der Waals surface area contributed by atoms with Crippen molar-refractivity contribution in [3.8, 4) is 0 Å². The summed E-state index contributed by atoms with van der Waals surface area (Å²) < 4.78 is 40.9. The Morgan fingerprint density at radius 2 is 2.00 bits per heavy atom. The molecule has 0 aliphatic rings. The molecule has 10 heteroatoms. The number of amides is 1. The number of hydrogen-bond acceptors (Lipinski definition) is 6. The number of rotatable bonds is 3. The van der Waals surface area contributed by atoms with Crippen LogP contribution in [0.25, 0.3) is 0 Å². The standard InChI is InChI=1S/C13H16FN5O3S/c1-13(2,3)19-7-9(16-18-19)12(20)17-23(21,22)10-6-4-5-8(14)11(10)15/h4-7H,15H2,1-3H3,(H,17,20). The summed E-state index contributed by atoms with van der Waals surface area (Å²) in [5, 5.41) is 7.40. The molecule has 0 unspecified atom stereocenters. The topological polar surface area (TPSA) is 120 Å². The number of nitrogens with zero attached hydrogens (tertiary/aromatic N) is 3. The predicted octanol–water partition coefficient (Wildman–Crippen LogP) is 0.873. The number of carbonyl (C=O) groups excluding carboxylic acids is 1. The molecule has 2 aromatic rings. The van der Waals surface area contributed by atoms with Crippen molar-refractivity contribution < 1.29 is 17.6 Å². The van der Waals surface area contributed by atoms with Gasteiger partial charge >= 0.3 is 0 Å². The first-order valence-electron chi connectivity index (χ1n) is 6.56. The van der Waals surface area contributed by atoms with E-state index in [4.69, 9.17) is 5.73 Å². The molecule has 1 aromatic heterocycles. The highest BCUT2D eigenvalue weighted by atomic mass is 32.2. The van der Waals surface area contributed by atoms with Crippen LogP contribution in [0.1, 0.15) is 31.3 Å². The number of sulfonamides is 1. The van der Waals surface area contributed by atoms with Crippen molar-refractivity contribution in [2.45, 2.75) is 31.2 Å². The Morgan fingerprint density at radius 1 is 1.35 bits per heavy atom. The van der Waals surface area contributed by atoms with Crippen molar-refractivity contribution in [2.24, 2.45) is 0 Å². The molecule has 0 aliphatic carbocycles. The summed E-state index contributed by atoms with van der Waals surface area (Å²) in [4.78, 5) is 11.5. The first-order valence-corrected chi connectivity index (χ1v) is 8.04. The third kappa shape index (κ3) is 3.47. The maximum absolute atomic E-state index is 13.4. The van der Waals surface area contributed by atoms with Crippen LogP contribution >= 0.6 is 0 Å². The second kappa shape index (κ2) is 5.61. The molecule has 8 nitrogen and oxygen atoms in total. The maximum atomic E-state index is 13.4. The van der Waals surface area contributed by atoms with Gasteiger partial charge in [0.2, 0.25) is 0 Å². The number of nitrogen functional groups attached to an aromatic ring is 1. The number of hydrogen-bond donors (Lipinski definition) is 2. The number of carbonyl (C=O) groups is 1. The summed E-state index contributed by atoms with van der Waals surface area (Å²) in [7, 11) is -4.33. The van der Waals surface area contributed by atoms with E-state index < -0.39 is 37.9 Å². The third-order valence-corrected chi connectivity index (χ3v) is 4.33. The Balaban J connectivity index is 2.29. The van der Waals surface area contributed by atoms with E-state index >= 15 is 0 Å². The molecule has 0 spiro atoms. The Kier molecular flexibility index (Phi) is 4.12. The van der Waals surface area contributed by atoms with Gasteiger partial charge in [0.15, 0.2) is 5.69 Å². The summed E-state index contributed by atoms with van der Waals surface area (Å²) in [5.74, 6) is -1.87. The lowest BCUT2D eigenvalue weighted by molar-refractivity contribution is 0.0976. The molecule has 0 aliphatic heterocycles. The summed E-state index contributed by atoms with van der Waals surface area (Å²) in [6.07, 6.45) is 1.32. The minimum Gasteiger partial charge on any atom is -0.395 e. The molecule has 23 heavy (non-hydrogen) atoms. The van der Waals surface area contributed by atoms with E-state index in [0.717, 1.165) is 12.1 Å². The van der Waals surface area contributed by atoms with Gasteiger partial charge < -0.3 is 5.73 Å². The van der Waals surface area contributed by atoms with Gasteiger partial charge in [0.1, 0.15) is 10.7 Å². The minimum absolute atomic E-state index is 0.182. The molecule has 1 aromatic carbocycles. The second-order valence-electron chi connectivity index (χ2n) is 5.81. The molecule has 0 fully saturated rings. The quantitative estimate of drug-likeness (QED) is 0.799. The van der Waals surface area contributed by atoms with Crippen LogP contribution in [0.3, 0.4) is 0 Å². The van der Waals surface area contributed by atoms with Crippen LogP contribution in [-0.2, 0) is 15.6 Å². The summed E-state index contributed by atoms with van der Waals surface area (Å²) in [6, 6.07) is 3.30. The fourth-order valence-corrected chi connectivity index (χ4v) is 2.78. The van der Waals surface area contributed by atoms with Crippen molar-refractivity contribution >= 4 is 21.6 Å². The van der Waals surface area contributed by atoms with Gasteiger partial charge in [-0.1, -0.05) is 11.3 Å². The van der Waals surface area contributed by atoms with Crippen molar-refractivity contribution in [3.63, 3.8) is 0 Å². The summed E-state index contributed by atoms with van der Waals surface area (Å²) >= 11 is 0. The Labute approximate surface area is 132 Å². The number of para-hydroxylation sites is 1. The average Bonchev–Trinajstić information content (AvgIpc) is 2.91. The maximum Gasteiger partial charge on any atom is 0.287 e. The lowest BCUT2D eigenvalue weighted by atomic mass is 10.1. The summed E-state index contributed by atoms with van der Waals surface area (Å²) in [6.45, 7) is 5.52. The summed E-state index contributed by atoms with van der Waals surface area (Å²) in [5.41, 5.74) is 4.24. The van der Waals surface area contributed by atoms with E-state index in [-0.39, 0.29) is 5.69 Å². The normalized spacial score (nSPS) is 12.2.